The predicted molar refractivity (Wildman–Crippen MR) is 130 cm³/mol. The summed E-state index contributed by atoms with van der Waals surface area (Å²) in [4.78, 5) is 0. The molecular weight excluding hydrogens is 440 g/mol. The van der Waals surface area contributed by atoms with Crippen molar-refractivity contribution in [3.05, 3.63) is 78.4 Å². The van der Waals surface area contributed by atoms with Crippen LogP contribution in [-0.4, -0.2) is 3.21 Å². The normalized spacial score (nSPS) is 18.5. The minimum atomic E-state index is 0.303. The second kappa shape index (κ2) is 10.7. The summed E-state index contributed by atoms with van der Waals surface area (Å²) >= 11 is 1.69. The van der Waals surface area contributed by atoms with E-state index in [0.29, 0.717) is 11.3 Å². The van der Waals surface area contributed by atoms with Gasteiger partial charge in [-0.3, -0.25) is 6.08 Å². The van der Waals surface area contributed by atoms with Crippen LogP contribution in [0.3, 0.4) is 0 Å². The molecule has 3 aromatic rings. The maximum absolute atomic E-state index is 3.26. The molecule has 1 atom stereocenters. The summed E-state index contributed by atoms with van der Waals surface area (Å²) < 4.78 is 1.80. The number of hydrogen-bond acceptors (Lipinski definition) is 0. The van der Waals surface area contributed by atoms with Gasteiger partial charge in [-0.05, 0) is 0 Å². The molecule has 0 aromatic heterocycles. The van der Waals surface area contributed by atoms with Gasteiger partial charge in [0.05, 0.1) is 0 Å². The molecule has 30 heavy (non-hydrogen) atoms. The van der Waals surface area contributed by atoms with E-state index in [-0.39, 0.29) is 0 Å². The first kappa shape index (κ1) is 23.2. The van der Waals surface area contributed by atoms with E-state index in [1.54, 1.807) is 27.4 Å². The fourth-order valence-corrected chi connectivity index (χ4v) is 4.80. The monoisotopic (exact) mass is 472 g/mol. The molecule has 154 valence electrons. The third-order valence-corrected chi connectivity index (χ3v) is 7.01. The Morgan fingerprint density at radius 3 is 1.77 bits per heavy atom. The Kier molecular flexibility index (Phi) is 8.30. The van der Waals surface area contributed by atoms with Crippen molar-refractivity contribution in [3.63, 3.8) is 0 Å². The summed E-state index contributed by atoms with van der Waals surface area (Å²) in [5, 5.41) is 5.39. The molecule has 3 aromatic carbocycles. The molecule has 0 aliphatic heterocycles. The van der Waals surface area contributed by atoms with Crippen LogP contribution in [0.1, 0.15) is 59.8 Å². The van der Waals surface area contributed by atoms with Crippen LogP contribution in [0.25, 0.3) is 21.5 Å². The molecule has 0 radical (unpaired) electrons. The fraction of sp³-hybridized carbons (Fsp3) is 0.379. The largest absolute Gasteiger partial charge is 0.126 e. The van der Waals surface area contributed by atoms with Gasteiger partial charge in [-0.25, -0.2) is 6.08 Å². The minimum Gasteiger partial charge on any atom is -0.126 e. The van der Waals surface area contributed by atoms with Gasteiger partial charge in [-0.15, -0.1) is 39.7 Å². The van der Waals surface area contributed by atoms with Crippen molar-refractivity contribution in [1.29, 1.82) is 0 Å². The Morgan fingerprint density at radius 2 is 1.40 bits per heavy atom. The topological polar surface area (TPSA) is 0 Å². The molecule has 1 unspecified atom stereocenters. The van der Waals surface area contributed by atoms with Gasteiger partial charge in [0.2, 0.25) is 0 Å². The van der Waals surface area contributed by atoms with Crippen LogP contribution in [0.5, 0.6) is 0 Å². The summed E-state index contributed by atoms with van der Waals surface area (Å²) in [6, 6.07) is 19.3. The van der Waals surface area contributed by atoms with E-state index in [9.17, 15) is 0 Å². The van der Waals surface area contributed by atoms with E-state index < -0.39 is 0 Å². The average molecular weight is 474 g/mol. The first-order valence-electron chi connectivity index (χ1n) is 11.3. The molecule has 1 saturated carbocycles. The molecule has 2 aliphatic rings. The zero-order valence-electron chi connectivity index (χ0n) is 19.0. The zero-order chi connectivity index (χ0) is 21.6. The summed E-state index contributed by atoms with van der Waals surface area (Å²) in [5.74, 6) is 0.522. The van der Waals surface area contributed by atoms with Crippen molar-refractivity contribution in [2.45, 2.75) is 59.8 Å². The molecule has 0 bridgehead atoms. The van der Waals surface area contributed by atoms with Crippen molar-refractivity contribution in [1.82, 2.24) is 0 Å². The van der Waals surface area contributed by atoms with E-state index in [1.807, 2.05) is 0 Å². The molecule has 0 nitrogen and oxygen atoms in total. The fourth-order valence-electron chi connectivity index (χ4n) is 3.94. The third-order valence-electron chi connectivity index (χ3n) is 5.78. The predicted octanol–water partition coefficient (Wildman–Crippen LogP) is 8.35. The smallest absolute Gasteiger partial charge is 0.0771 e. The second-order valence-corrected chi connectivity index (χ2v) is 11.2. The Morgan fingerprint density at radius 1 is 0.867 bits per heavy atom. The van der Waals surface area contributed by atoms with Crippen molar-refractivity contribution < 1.29 is 24.2 Å². The van der Waals surface area contributed by atoms with Gasteiger partial charge in [0.25, 0.3) is 0 Å². The standard InChI is InChI=1S/C13H9.C10H15.C6H10.Zr/c1-3-7-12-10(5-1)9-11-6-2-4-8-13(11)12;1-8-5-6-9(7-8)10(2,3)4;1-2-4-6-5-3-1;/h1-9H;6-8H,1-4H3;1-5H2;/q2*-1;;+2. The molecule has 0 N–H and O–H groups in total. The van der Waals surface area contributed by atoms with Gasteiger partial charge < -0.3 is 0 Å². The van der Waals surface area contributed by atoms with E-state index in [2.05, 4.69) is 101 Å². The van der Waals surface area contributed by atoms with E-state index in [1.165, 1.54) is 59.2 Å². The Hall–Kier alpha value is -1.46. The van der Waals surface area contributed by atoms with Crippen LogP contribution < -0.4 is 0 Å². The van der Waals surface area contributed by atoms with Crippen LogP contribution in [0.4, 0.5) is 0 Å². The van der Waals surface area contributed by atoms with Crippen molar-refractivity contribution in [3.8, 4) is 0 Å². The first-order valence-corrected chi connectivity index (χ1v) is 12.5. The number of fused-ring (bicyclic) bond motifs is 3. The SMILES string of the molecule is CC1[C-]=CC(C(C)(C)C)=C1.[Zr+2]=[C]1CCCCC1.c1ccc2c(c1)[cH-]c1ccccc12. The van der Waals surface area contributed by atoms with Crippen LogP contribution >= 0.6 is 0 Å². The van der Waals surface area contributed by atoms with Crippen LogP contribution in [0.15, 0.2) is 72.3 Å². The molecule has 0 amide bonds. The summed E-state index contributed by atoms with van der Waals surface area (Å²) in [6.07, 6.45) is 15.0. The van der Waals surface area contributed by atoms with E-state index >= 15 is 0 Å². The van der Waals surface area contributed by atoms with Gasteiger partial charge in [0.1, 0.15) is 0 Å². The maximum atomic E-state index is 3.26. The molecule has 1 heteroatoms. The van der Waals surface area contributed by atoms with Gasteiger partial charge in [0, 0.05) is 0 Å². The maximum Gasteiger partial charge on any atom is -0.0771 e. The van der Waals surface area contributed by atoms with Crippen molar-refractivity contribution in [2.75, 3.05) is 0 Å². The van der Waals surface area contributed by atoms with Crippen LogP contribution in [0, 0.1) is 17.4 Å². The van der Waals surface area contributed by atoms with Gasteiger partial charge in [0.15, 0.2) is 0 Å². The van der Waals surface area contributed by atoms with Crippen molar-refractivity contribution >= 4 is 24.8 Å². The molecular formula is C29H34Zr. The molecule has 2 aliphatic carbocycles. The van der Waals surface area contributed by atoms with Gasteiger partial charge in [-0.2, -0.15) is 11.6 Å². The van der Waals surface area contributed by atoms with Gasteiger partial charge in [-0.1, -0.05) is 75.4 Å². The summed E-state index contributed by atoms with van der Waals surface area (Å²) in [5.41, 5.74) is 1.72. The number of allylic oxidation sites excluding steroid dienone is 4. The average Bonchev–Trinajstić information content (AvgIpc) is 3.33. The molecule has 0 heterocycles. The zero-order valence-corrected chi connectivity index (χ0v) is 21.4. The summed E-state index contributed by atoms with van der Waals surface area (Å²) in [6.45, 7) is 8.86. The Bertz CT molecular complexity index is 981. The van der Waals surface area contributed by atoms with Crippen LogP contribution in [-0.2, 0) is 24.2 Å². The third kappa shape index (κ3) is 6.52. The summed E-state index contributed by atoms with van der Waals surface area (Å²) in [7, 11) is 0. The number of rotatable bonds is 0. The first-order chi connectivity index (χ1) is 14.3. The molecule has 0 saturated heterocycles. The molecule has 0 spiro atoms. The second-order valence-electron chi connectivity index (χ2n) is 9.45. The minimum absolute atomic E-state index is 0.303. The number of benzene rings is 2. The Labute approximate surface area is 197 Å². The number of hydrogen-bond donors (Lipinski definition) is 0. The van der Waals surface area contributed by atoms with E-state index in [4.69, 9.17) is 0 Å². The molecule has 1 fully saturated rings. The molecule has 5 rings (SSSR count). The van der Waals surface area contributed by atoms with Crippen LogP contribution in [0.2, 0.25) is 0 Å². The van der Waals surface area contributed by atoms with Crippen molar-refractivity contribution in [2.24, 2.45) is 11.3 Å². The van der Waals surface area contributed by atoms with Gasteiger partial charge >= 0.3 is 59.5 Å². The van der Waals surface area contributed by atoms with E-state index in [0.717, 1.165) is 0 Å². The Balaban J connectivity index is 0.000000135. The quantitative estimate of drug-likeness (QED) is 0.288.